The molecule has 0 aliphatic heterocycles. The van der Waals surface area contributed by atoms with Gasteiger partial charge >= 0.3 is 5.97 Å². The van der Waals surface area contributed by atoms with Gasteiger partial charge in [0, 0.05) is 10.0 Å². The van der Waals surface area contributed by atoms with E-state index in [0.29, 0.717) is 15.7 Å². The maximum atomic E-state index is 11.8. The van der Waals surface area contributed by atoms with Crippen LogP contribution in [0.25, 0.3) is 0 Å². The first-order valence-electron chi connectivity index (χ1n) is 5.46. The zero-order valence-electron chi connectivity index (χ0n) is 10.2. The first-order valence-corrected chi connectivity index (χ1v) is 6.26. The topological polar surface area (TPSA) is 66.4 Å². The minimum atomic E-state index is -1.03. The highest BCUT2D eigenvalue weighted by Crippen LogP contribution is 2.24. The number of benzene rings is 1. The highest BCUT2D eigenvalue weighted by atomic mass is 79.9. The Hall–Kier alpha value is -1.62. The molecule has 0 saturated heterocycles. The van der Waals surface area contributed by atoms with Gasteiger partial charge in [-0.3, -0.25) is 4.79 Å². The Balaban J connectivity index is 2.97. The molecule has 18 heavy (non-hydrogen) atoms. The van der Waals surface area contributed by atoms with Crippen molar-refractivity contribution in [3.8, 4) is 0 Å². The number of nitrogens with one attached hydrogen (secondary N) is 1. The highest BCUT2D eigenvalue weighted by Gasteiger charge is 2.10. The largest absolute Gasteiger partial charge is 0.478 e. The van der Waals surface area contributed by atoms with E-state index in [9.17, 15) is 9.59 Å². The standard InChI is InChI=1S/C13H14BrNO3/c1-3-4-8(2)12(16)15-11-7-9(13(17)18)5-6-10(11)14/h4-7H,3H2,1-2H3,(H,15,16)(H,17,18)/b8-4-. The number of hydrogen-bond acceptors (Lipinski definition) is 2. The summed E-state index contributed by atoms with van der Waals surface area (Å²) in [6.45, 7) is 3.66. The molecule has 5 heteroatoms. The Kier molecular flexibility index (Phi) is 5.09. The molecular weight excluding hydrogens is 298 g/mol. The van der Waals surface area contributed by atoms with E-state index in [1.807, 2.05) is 13.0 Å². The van der Waals surface area contributed by atoms with Crippen LogP contribution < -0.4 is 5.32 Å². The van der Waals surface area contributed by atoms with Gasteiger partial charge in [-0.15, -0.1) is 0 Å². The molecule has 0 aromatic heterocycles. The molecule has 0 heterocycles. The van der Waals surface area contributed by atoms with E-state index in [-0.39, 0.29) is 11.5 Å². The zero-order valence-corrected chi connectivity index (χ0v) is 11.7. The average molecular weight is 312 g/mol. The van der Waals surface area contributed by atoms with Gasteiger partial charge in [0.2, 0.25) is 0 Å². The van der Waals surface area contributed by atoms with Gasteiger partial charge in [-0.2, -0.15) is 0 Å². The van der Waals surface area contributed by atoms with Crippen LogP contribution in [0.1, 0.15) is 30.6 Å². The fraction of sp³-hybridized carbons (Fsp3) is 0.231. The second kappa shape index (κ2) is 6.35. The van der Waals surface area contributed by atoms with Crippen molar-refractivity contribution >= 4 is 33.5 Å². The molecule has 4 nitrogen and oxygen atoms in total. The van der Waals surface area contributed by atoms with Crippen LogP contribution in [-0.4, -0.2) is 17.0 Å². The van der Waals surface area contributed by atoms with Gasteiger partial charge in [-0.25, -0.2) is 4.79 Å². The zero-order chi connectivity index (χ0) is 13.7. The smallest absolute Gasteiger partial charge is 0.335 e. The summed E-state index contributed by atoms with van der Waals surface area (Å²) in [5.74, 6) is -1.26. The second-order valence-electron chi connectivity index (χ2n) is 3.75. The van der Waals surface area contributed by atoms with E-state index >= 15 is 0 Å². The van der Waals surface area contributed by atoms with E-state index < -0.39 is 5.97 Å². The van der Waals surface area contributed by atoms with Crippen LogP contribution in [0, 0.1) is 0 Å². The fourth-order valence-electron chi connectivity index (χ4n) is 1.37. The van der Waals surface area contributed by atoms with Crippen molar-refractivity contribution in [2.45, 2.75) is 20.3 Å². The summed E-state index contributed by atoms with van der Waals surface area (Å²) in [5.41, 5.74) is 1.18. The van der Waals surface area contributed by atoms with Crippen LogP contribution >= 0.6 is 15.9 Å². The van der Waals surface area contributed by atoms with E-state index in [0.717, 1.165) is 6.42 Å². The van der Waals surface area contributed by atoms with Gasteiger partial charge < -0.3 is 10.4 Å². The first-order chi connectivity index (χ1) is 8.45. The minimum Gasteiger partial charge on any atom is -0.478 e. The van der Waals surface area contributed by atoms with Crippen molar-refractivity contribution in [3.63, 3.8) is 0 Å². The Morgan fingerprint density at radius 3 is 2.67 bits per heavy atom. The number of halogens is 1. The van der Waals surface area contributed by atoms with Gasteiger partial charge in [0.1, 0.15) is 0 Å². The number of allylic oxidation sites excluding steroid dienone is 1. The molecule has 0 unspecified atom stereocenters. The third-order valence-electron chi connectivity index (χ3n) is 2.33. The van der Waals surface area contributed by atoms with E-state index in [2.05, 4.69) is 21.2 Å². The van der Waals surface area contributed by atoms with Crippen molar-refractivity contribution in [3.05, 3.63) is 39.9 Å². The van der Waals surface area contributed by atoms with Crippen LogP contribution in [0.5, 0.6) is 0 Å². The number of carboxylic acids is 1. The lowest BCUT2D eigenvalue weighted by molar-refractivity contribution is -0.112. The molecule has 1 amide bonds. The fourth-order valence-corrected chi connectivity index (χ4v) is 1.72. The van der Waals surface area contributed by atoms with E-state index in [1.54, 1.807) is 13.0 Å². The number of carbonyl (C=O) groups is 2. The third kappa shape index (κ3) is 3.70. The molecule has 0 radical (unpaired) electrons. The average Bonchev–Trinajstić information content (AvgIpc) is 2.31. The van der Waals surface area contributed by atoms with Crippen LogP contribution in [0.15, 0.2) is 34.3 Å². The third-order valence-corrected chi connectivity index (χ3v) is 3.02. The van der Waals surface area contributed by atoms with Gasteiger partial charge in [0.05, 0.1) is 11.3 Å². The lowest BCUT2D eigenvalue weighted by Gasteiger charge is -2.08. The number of anilines is 1. The summed E-state index contributed by atoms with van der Waals surface area (Å²) in [6.07, 6.45) is 2.58. The predicted octanol–water partition coefficient (Wildman–Crippen LogP) is 3.44. The monoisotopic (exact) mass is 311 g/mol. The SMILES string of the molecule is CC/C=C(/C)C(=O)Nc1cc(C(=O)O)ccc1Br. The lowest BCUT2D eigenvalue weighted by atomic mass is 10.2. The molecule has 0 spiro atoms. The molecule has 0 aliphatic rings. The normalized spacial score (nSPS) is 11.2. The van der Waals surface area contributed by atoms with Crippen LogP contribution in [0.4, 0.5) is 5.69 Å². The second-order valence-corrected chi connectivity index (χ2v) is 4.60. The summed E-state index contributed by atoms with van der Waals surface area (Å²) in [6, 6.07) is 4.48. The maximum Gasteiger partial charge on any atom is 0.335 e. The van der Waals surface area contributed by atoms with Crippen LogP contribution in [0.2, 0.25) is 0 Å². The number of carboxylic acid groups (broad SMARTS) is 1. The van der Waals surface area contributed by atoms with Crippen LogP contribution in [0.3, 0.4) is 0 Å². The summed E-state index contributed by atoms with van der Waals surface area (Å²) in [4.78, 5) is 22.6. The Labute approximate surface area is 114 Å². The number of amides is 1. The van der Waals surface area contributed by atoms with Gasteiger partial charge in [0.25, 0.3) is 5.91 Å². The van der Waals surface area contributed by atoms with Crippen molar-refractivity contribution in [1.82, 2.24) is 0 Å². The first kappa shape index (κ1) is 14.4. The quantitative estimate of drug-likeness (QED) is 0.837. The molecule has 0 atom stereocenters. The molecule has 0 saturated carbocycles. The summed E-state index contributed by atoms with van der Waals surface area (Å²) in [5, 5.41) is 11.6. The van der Waals surface area contributed by atoms with Gasteiger partial charge in [0.15, 0.2) is 0 Å². The molecule has 1 rings (SSSR count). The van der Waals surface area contributed by atoms with Crippen molar-refractivity contribution in [2.75, 3.05) is 5.32 Å². The van der Waals surface area contributed by atoms with Crippen molar-refractivity contribution in [1.29, 1.82) is 0 Å². The lowest BCUT2D eigenvalue weighted by Crippen LogP contribution is -2.13. The highest BCUT2D eigenvalue weighted by molar-refractivity contribution is 9.10. The van der Waals surface area contributed by atoms with Gasteiger partial charge in [-0.1, -0.05) is 13.0 Å². The summed E-state index contributed by atoms with van der Waals surface area (Å²) >= 11 is 3.27. The Morgan fingerprint density at radius 2 is 2.11 bits per heavy atom. The van der Waals surface area contributed by atoms with E-state index in [1.165, 1.54) is 12.1 Å². The van der Waals surface area contributed by atoms with Crippen molar-refractivity contribution < 1.29 is 14.7 Å². The Bertz CT molecular complexity index is 509. The Morgan fingerprint density at radius 1 is 1.44 bits per heavy atom. The molecule has 0 bridgehead atoms. The van der Waals surface area contributed by atoms with Crippen molar-refractivity contribution in [2.24, 2.45) is 0 Å². The molecule has 1 aromatic carbocycles. The number of hydrogen-bond donors (Lipinski definition) is 2. The molecule has 0 fully saturated rings. The minimum absolute atomic E-state index is 0.130. The number of rotatable bonds is 4. The van der Waals surface area contributed by atoms with E-state index in [4.69, 9.17) is 5.11 Å². The summed E-state index contributed by atoms with van der Waals surface area (Å²) < 4.78 is 0.644. The molecule has 2 N–H and O–H groups in total. The van der Waals surface area contributed by atoms with Crippen LogP contribution in [-0.2, 0) is 4.79 Å². The van der Waals surface area contributed by atoms with Gasteiger partial charge in [-0.05, 0) is 47.5 Å². The molecule has 96 valence electrons. The molecule has 1 aromatic rings. The maximum absolute atomic E-state index is 11.8. The molecular formula is C13H14BrNO3. The number of carbonyl (C=O) groups excluding carboxylic acids is 1. The summed E-state index contributed by atoms with van der Waals surface area (Å²) in [7, 11) is 0. The molecule has 0 aliphatic carbocycles. The predicted molar refractivity (Wildman–Crippen MR) is 73.8 cm³/mol. The number of aromatic carboxylic acids is 1.